The summed E-state index contributed by atoms with van der Waals surface area (Å²) in [6, 6.07) is 6.18. The minimum atomic E-state index is -0.708. The number of non-ortho nitro benzene ring substituents is 1. The van der Waals surface area contributed by atoms with Crippen LogP contribution in [0.25, 0.3) is 12.2 Å². The van der Waals surface area contributed by atoms with Crippen LogP contribution < -0.4 is 0 Å². The summed E-state index contributed by atoms with van der Waals surface area (Å²) >= 11 is 11.6. The molecule has 0 amide bonds. The van der Waals surface area contributed by atoms with Gasteiger partial charge in [-0.25, -0.2) is 0 Å². The fourth-order valence-corrected chi connectivity index (χ4v) is 2.32. The molecule has 0 saturated carbocycles. The van der Waals surface area contributed by atoms with Gasteiger partial charge in [-0.1, -0.05) is 29.3 Å². The molecule has 0 spiro atoms. The Morgan fingerprint density at radius 2 is 1.57 bits per heavy atom. The summed E-state index contributed by atoms with van der Waals surface area (Å²) in [4.78, 5) is 20.3. The number of nitrogens with zero attached hydrogens (tertiary/aromatic N) is 2. The lowest BCUT2D eigenvalue weighted by atomic mass is 10.1. The molecular formula is C14H8Cl2N2O5. The van der Waals surface area contributed by atoms with Gasteiger partial charge in [0.1, 0.15) is 0 Å². The molecule has 0 aliphatic carbocycles. The number of hydrogen-bond acceptors (Lipinski definition) is 5. The predicted molar refractivity (Wildman–Crippen MR) is 86.8 cm³/mol. The molecule has 23 heavy (non-hydrogen) atoms. The average Bonchev–Trinajstić information content (AvgIpc) is 2.49. The Labute approximate surface area is 139 Å². The van der Waals surface area contributed by atoms with Gasteiger partial charge in [-0.15, -0.1) is 0 Å². The smallest absolute Gasteiger partial charge is 0.283 e. The van der Waals surface area contributed by atoms with Gasteiger partial charge in [0.25, 0.3) is 11.4 Å². The standard InChI is InChI=1S/C14H8Cl2N2O5/c15-11-5-8(6-12(16)14(11)19)1-2-9-3-4-10(17(20)21)7-13(9)18(22)23/h1-7,19H/b2-1+. The maximum Gasteiger partial charge on any atom is 0.283 e. The number of halogens is 2. The van der Waals surface area contributed by atoms with E-state index >= 15 is 0 Å². The molecule has 0 radical (unpaired) electrons. The van der Waals surface area contributed by atoms with E-state index in [2.05, 4.69) is 0 Å². The first-order valence-electron chi connectivity index (χ1n) is 6.08. The van der Waals surface area contributed by atoms with Gasteiger partial charge in [0.05, 0.1) is 31.5 Å². The number of rotatable bonds is 4. The SMILES string of the molecule is O=[N+]([O-])c1ccc(/C=C/c2cc(Cl)c(O)c(Cl)c2)c([N+](=O)[O-])c1. The predicted octanol–water partition coefficient (Wildman–Crippen LogP) is 4.69. The molecule has 9 heteroatoms. The van der Waals surface area contributed by atoms with Gasteiger partial charge in [0.15, 0.2) is 5.75 Å². The third kappa shape index (κ3) is 3.77. The average molecular weight is 355 g/mol. The summed E-state index contributed by atoms with van der Waals surface area (Å²) in [6.07, 6.45) is 2.90. The molecule has 2 rings (SSSR count). The van der Waals surface area contributed by atoms with Crippen molar-refractivity contribution in [2.75, 3.05) is 0 Å². The second-order valence-corrected chi connectivity index (χ2v) is 5.24. The van der Waals surface area contributed by atoms with E-state index in [4.69, 9.17) is 23.2 Å². The van der Waals surface area contributed by atoms with E-state index in [-0.39, 0.29) is 27.0 Å². The van der Waals surface area contributed by atoms with Gasteiger partial charge in [-0.2, -0.15) is 0 Å². The number of nitro benzene ring substituents is 2. The second-order valence-electron chi connectivity index (χ2n) is 4.42. The first-order chi connectivity index (χ1) is 10.8. The minimum Gasteiger partial charge on any atom is -0.505 e. The first kappa shape index (κ1) is 16.7. The van der Waals surface area contributed by atoms with Crippen molar-refractivity contribution in [2.45, 2.75) is 0 Å². The quantitative estimate of drug-likeness (QED) is 0.487. The Balaban J connectivity index is 2.43. The van der Waals surface area contributed by atoms with Crippen molar-refractivity contribution in [3.05, 3.63) is 71.7 Å². The molecule has 0 aliphatic heterocycles. The number of phenols is 1. The summed E-state index contributed by atoms with van der Waals surface area (Å²) in [5, 5.41) is 31.3. The molecular weight excluding hydrogens is 347 g/mol. The van der Waals surface area contributed by atoms with E-state index < -0.39 is 15.5 Å². The van der Waals surface area contributed by atoms with E-state index in [1.54, 1.807) is 0 Å². The van der Waals surface area contributed by atoms with E-state index in [1.165, 1.54) is 36.4 Å². The number of hydrogen-bond donors (Lipinski definition) is 1. The summed E-state index contributed by atoms with van der Waals surface area (Å²) in [5.41, 5.74) is -0.0811. The van der Waals surface area contributed by atoms with Crippen LogP contribution in [0.5, 0.6) is 5.75 Å². The maximum atomic E-state index is 11.0. The van der Waals surface area contributed by atoms with E-state index in [1.807, 2.05) is 0 Å². The van der Waals surface area contributed by atoms with Crippen molar-refractivity contribution in [2.24, 2.45) is 0 Å². The van der Waals surface area contributed by atoms with E-state index in [9.17, 15) is 25.3 Å². The van der Waals surface area contributed by atoms with E-state index in [0.29, 0.717) is 5.56 Å². The van der Waals surface area contributed by atoms with Gasteiger partial charge in [-0.3, -0.25) is 20.2 Å². The van der Waals surface area contributed by atoms with Crippen molar-refractivity contribution in [1.82, 2.24) is 0 Å². The topological polar surface area (TPSA) is 107 Å². The van der Waals surface area contributed by atoms with Crippen LogP contribution in [-0.4, -0.2) is 15.0 Å². The van der Waals surface area contributed by atoms with Crippen LogP contribution in [0.3, 0.4) is 0 Å². The largest absolute Gasteiger partial charge is 0.505 e. The molecule has 7 nitrogen and oxygen atoms in total. The lowest BCUT2D eigenvalue weighted by Gasteiger charge is -2.02. The summed E-state index contributed by atoms with van der Waals surface area (Å²) in [6.45, 7) is 0. The fourth-order valence-electron chi connectivity index (χ4n) is 1.81. The van der Waals surface area contributed by atoms with Gasteiger partial charge >= 0.3 is 0 Å². The highest BCUT2D eigenvalue weighted by atomic mass is 35.5. The summed E-state index contributed by atoms with van der Waals surface area (Å²) in [7, 11) is 0. The third-order valence-corrected chi connectivity index (χ3v) is 3.49. The highest BCUT2D eigenvalue weighted by Gasteiger charge is 2.17. The van der Waals surface area contributed by atoms with Crippen LogP contribution in [0.15, 0.2) is 30.3 Å². The highest BCUT2D eigenvalue weighted by Crippen LogP contribution is 2.33. The lowest BCUT2D eigenvalue weighted by Crippen LogP contribution is -1.94. The maximum absolute atomic E-state index is 11.0. The molecule has 0 heterocycles. The molecule has 0 atom stereocenters. The second kappa shape index (κ2) is 6.64. The molecule has 2 aromatic rings. The van der Waals surface area contributed by atoms with Crippen LogP contribution in [-0.2, 0) is 0 Å². The van der Waals surface area contributed by atoms with Crippen molar-refractivity contribution < 1.29 is 15.0 Å². The van der Waals surface area contributed by atoms with Gasteiger partial charge in [0.2, 0.25) is 0 Å². The fraction of sp³-hybridized carbons (Fsp3) is 0. The third-order valence-electron chi connectivity index (χ3n) is 2.92. The Morgan fingerprint density at radius 3 is 2.09 bits per heavy atom. The number of aromatic hydroxyl groups is 1. The zero-order chi connectivity index (χ0) is 17.1. The number of phenolic OH excluding ortho intramolecular Hbond substituents is 1. The zero-order valence-corrected chi connectivity index (χ0v) is 12.8. The monoisotopic (exact) mass is 354 g/mol. The Hall–Kier alpha value is -2.64. The van der Waals surface area contributed by atoms with Gasteiger partial charge < -0.3 is 5.11 Å². The van der Waals surface area contributed by atoms with E-state index in [0.717, 1.165) is 6.07 Å². The highest BCUT2D eigenvalue weighted by molar-refractivity contribution is 6.37. The van der Waals surface area contributed by atoms with Crippen LogP contribution in [0.1, 0.15) is 11.1 Å². The molecule has 0 aliphatic rings. The van der Waals surface area contributed by atoms with Gasteiger partial charge in [-0.05, 0) is 29.8 Å². The molecule has 118 valence electrons. The van der Waals surface area contributed by atoms with Crippen molar-refractivity contribution in [3.63, 3.8) is 0 Å². The molecule has 0 unspecified atom stereocenters. The zero-order valence-electron chi connectivity index (χ0n) is 11.3. The van der Waals surface area contributed by atoms with Crippen LogP contribution in [0.4, 0.5) is 11.4 Å². The van der Waals surface area contributed by atoms with Crippen LogP contribution >= 0.6 is 23.2 Å². The minimum absolute atomic E-state index is 0.0374. The van der Waals surface area contributed by atoms with Crippen molar-refractivity contribution >= 4 is 46.7 Å². The molecule has 0 bridgehead atoms. The van der Waals surface area contributed by atoms with Crippen molar-refractivity contribution in [3.8, 4) is 5.75 Å². The Morgan fingerprint density at radius 1 is 0.957 bits per heavy atom. The molecule has 0 aromatic heterocycles. The number of nitro groups is 2. The Bertz CT molecular complexity index is 813. The summed E-state index contributed by atoms with van der Waals surface area (Å²) in [5.74, 6) is -0.258. The van der Waals surface area contributed by atoms with Crippen LogP contribution in [0, 0.1) is 20.2 Å². The normalized spacial score (nSPS) is 10.9. The van der Waals surface area contributed by atoms with Crippen LogP contribution in [0.2, 0.25) is 10.0 Å². The van der Waals surface area contributed by atoms with Gasteiger partial charge in [0, 0.05) is 6.07 Å². The number of benzene rings is 2. The first-order valence-corrected chi connectivity index (χ1v) is 6.84. The Kier molecular flexibility index (Phi) is 4.83. The molecule has 1 N–H and O–H groups in total. The molecule has 0 saturated heterocycles. The molecule has 2 aromatic carbocycles. The van der Waals surface area contributed by atoms with Crippen molar-refractivity contribution in [1.29, 1.82) is 0 Å². The summed E-state index contributed by atoms with van der Waals surface area (Å²) < 4.78 is 0. The molecule has 0 fully saturated rings. The lowest BCUT2D eigenvalue weighted by molar-refractivity contribution is -0.394.